The number of hydrogen-bond acceptors (Lipinski definition) is 3. The van der Waals surface area contributed by atoms with Gasteiger partial charge in [-0.15, -0.1) is 0 Å². The van der Waals surface area contributed by atoms with Gasteiger partial charge in [0.25, 0.3) is 0 Å². The van der Waals surface area contributed by atoms with E-state index in [1.54, 1.807) is 0 Å². The average molecular weight is 249 g/mol. The largest absolute Gasteiger partial charge is 0.314 e. The van der Waals surface area contributed by atoms with E-state index in [9.17, 15) is 8.42 Å². The van der Waals surface area contributed by atoms with Gasteiger partial charge < -0.3 is 5.32 Å². The summed E-state index contributed by atoms with van der Waals surface area (Å²) < 4.78 is 22.1. The molecule has 0 rings (SSSR count). The molecule has 0 heterocycles. The Hall–Kier alpha value is -0.0900. The molecule has 0 fully saturated rings. The lowest BCUT2D eigenvalue weighted by Crippen LogP contribution is -2.36. The van der Waals surface area contributed by atoms with E-state index in [0.717, 1.165) is 19.4 Å². The van der Waals surface area contributed by atoms with Crippen LogP contribution in [0.3, 0.4) is 0 Å². The molecule has 0 aromatic rings. The molecule has 0 aromatic heterocycles. The number of hydrogen-bond donors (Lipinski definition) is 1. The minimum atomic E-state index is -2.80. The van der Waals surface area contributed by atoms with Crippen molar-refractivity contribution in [3.8, 4) is 0 Å². The first-order chi connectivity index (χ1) is 7.28. The summed E-state index contributed by atoms with van der Waals surface area (Å²) in [5, 5.41) is 3.43. The van der Waals surface area contributed by atoms with E-state index in [1.807, 2.05) is 0 Å². The zero-order valence-electron chi connectivity index (χ0n) is 11.3. The first-order valence-corrected chi connectivity index (χ1v) is 8.25. The van der Waals surface area contributed by atoms with Gasteiger partial charge in [-0.25, -0.2) is 8.42 Å². The topological polar surface area (TPSA) is 46.2 Å². The number of rotatable bonds is 8. The van der Waals surface area contributed by atoms with Crippen molar-refractivity contribution < 1.29 is 8.42 Å². The number of nitrogens with one attached hydrogen (secondary N) is 1. The van der Waals surface area contributed by atoms with Gasteiger partial charge in [-0.05, 0) is 38.1 Å². The molecule has 0 saturated heterocycles. The molecule has 0 saturated carbocycles. The molecule has 0 bridgehead atoms. The van der Waals surface area contributed by atoms with Gasteiger partial charge in [-0.3, -0.25) is 0 Å². The third-order valence-electron chi connectivity index (χ3n) is 3.08. The van der Waals surface area contributed by atoms with Crippen molar-refractivity contribution in [2.45, 2.75) is 46.6 Å². The van der Waals surface area contributed by atoms with Crippen molar-refractivity contribution in [2.75, 3.05) is 18.6 Å². The maximum absolute atomic E-state index is 11.1. The lowest BCUT2D eigenvalue weighted by molar-refractivity contribution is 0.274. The van der Waals surface area contributed by atoms with Crippen molar-refractivity contribution >= 4 is 9.84 Å². The predicted molar refractivity (Wildman–Crippen MR) is 70.4 cm³/mol. The van der Waals surface area contributed by atoms with Crippen LogP contribution in [0.4, 0.5) is 0 Å². The Labute approximate surface area is 101 Å². The van der Waals surface area contributed by atoms with Crippen LogP contribution in [0.1, 0.15) is 40.5 Å². The van der Waals surface area contributed by atoms with Crippen LogP contribution in [0.5, 0.6) is 0 Å². The van der Waals surface area contributed by atoms with E-state index in [4.69, 9.17) is 0 Å². The first kappa shape index (κ1) is 15.9. The normalized spacial score (nSPS) is 16.4. The van der Waals surface area contributed by atoms with Gasteiger partial charge in [0.05, 0.1) is 0 Å². The number of sulfone groups is 1. The molecule has 16 heavy (non-hydrogen) atoms. The van der Waals surface area contributed by atoms with Crippen molar-refractivity contribution in [1.29, 1.82) is 0 Å². The molecule has 0 aliphatic heterocycles. The van der Waals surface area contributed by atoms with Crippen LogP contribution in [-0.2, 0) is 9.84 Å². The van der Waals surface area contributed by atoms with E-state index < -0.39 is 9.84 Å². The molecule has 0 radical (unpaired) electrons. The molecular formula is C12H27NO2S. The van der Waals surface area contributed by atoms with Crippen molar-refractivity contribution in [3.05, 3.63) is 0 Å². The van der Waals surface area contributed by atoms with Gasteiger partial charge in [0.15, 0.2) is 0 Å². The monoisotopic (exact) mass is 249 g/mol. The second-order valence-electron chi connectivity index (χ2n) is 5.03. The second kappa shape index (κ2) is 7.28. The third-order valence-corrected chi connectivity index (χ3v) is 4.11. The summed E-state index contributed by atoms with van der Waals surface area (Å²) in [7, 11) is -2.80. The maximum atomic E-state index is 11.1. The Kier molecular flexibility index (Phi) is 7.24. The van der Waals surface area contributed by atoms with Crippen LogP contribution in [0.25, 0.3) is 0 Å². The zero-order valence-corrected chi connectivity index (χ0v) is 12.1. The molecule has 0 aromatic carbocycles. The van der Waals surface area contributed by atoms with Crippen LogP contribution < -0.4 is 5.32 Å². The zero-order chi connectivity index (χ0) is 12.8. The minimum Gasteiger partial charge on any atom is -0.314 e. The lowest BCUT2D eigenvalue weighted by atomic mass is 9.85. The van der Waals surface area contributed by atoms with Crippen LogP contribution in [0.15, 0.2) is 0 Å². The van der Waals surface area contributed by atoms with Gasteiger partial charge in [0.2, 0.25) is 0 Å². The molecule has 0 amide bonds. The lowest BCUT2D eigenvalue weighted by Gasteiger charge is -2.28. The summed E-state index contributed by atoms with van der Waals surface area (Å²) in [6, 6.07) is 0.463. The summed E-state index contributed by atoms with van der Waals surface area (Å²) >= 11 is 0. The van der Waals surface area contributed by atoms with Crippen LogP contribution in [-0.4, -0.2) is 33.0 Å². The maximum Gasteiger partial charge on any atom is 0.147 e. The highest BCUT2D eigenvalue weighted by Crippen LogP contribution is 2.21. The van der Waals surface area contributed by atoms with Crippen molar-refractivity contribution in [2.24, 2.45) is 11.8 Å². The summed E-state index contributed by atoms with van der Waals surface area (Å²) in [4.78, 5) is 0. The highest BCUT2D eigenvalue weighted by atomic mass is 32.2. The minimum absolute atomic E-state index is 0.315. The molecule has 2 unspecified atom stereocenters. The summed E-state index contributed by atoms with van der Waals surface area (Å²) in [5.74, 6) is 1.46. The Morgan fingerprint density at radius 2 is 1.75 bits per heavy atom. The molecule has 0 aliphatic rings. The van der Waals surface area contributed by atoms with Gasteiger partial charge in [-0.2, -0.15) is 0 Å². The molecule has 3 nitrogen and oxygen atoms in total. The summed E-state index contributed by atoms with van der Waals surface area (Å²) in [5.41, 5.74) is 0. The summed E-state index contributed by atoms with van der Waals surface area (Å²) in [6.07, 6.45) is 3.07. The average Bonchev–Trinajstić information content (AvgIpc) is 2.10. The second-order valence-corrected chi connectivity index (χ2v) is 7.29. The Morgan fingerprint density at radius 1 is 1.19 bits per heavy atom. The quantitative estimate of drug-likeness (QED) is 0.716. The van der Waals surface area contributed by atoms with E-state index in [1.165, 1.54) is 6.26 Å². The molecule has 98 valence electrons. The van der Waals surface area contributed by atoms with Gasteiger partial charge >= 0.3 is 0 Å². The van der Waals surface area contributed by atoms with Crippen LogP contribution >= 0.6 is 0 Å². The van der Waals surface area contributed by atoms with Gasteiger partial charge in [-0.1, -0.05) is 20.8 Å². The highest BCUT2D eigenvalue weighted by molar-refractivity contribution is 7.90. The van der Waals surface area contributed by atoms with Crippen LogP contribution in [0.2, 0.25) is 0 Å². The summed E-state index contributed by atoms with van der Waals surface area (Å²) in [6.45, 7) is 9.67. The fourth-order valence-corrected chi connectivity index (χ4v) is 2.91. The third kappa shape index (κ3) is 7.23. The highest BCUT2D eigenvalue weighted by Gasteiger charge is 2.20. The Bertz CT molecular complexity index is 273. The van der Waals surface area contributed by atoms with Crippen LogP contribution in [0, 0.1) is 11.8 Å². The van der Waals surface area contributed by atoms with E-state index in [-0.39, 0.29) is 0 Å². The predicted octanol–water partition coefficient (Wildman–Crippen LogP) is 2.08. The van der Waals surface area contributed by atoms with Gasteiger partial charge in [0.1, 0.15) is 9.84 Å². The van der Waals surface area contributed by atoms with Crippen molar-refractivity contribution in [3.63, 3.8) is 0 Å². The fraction of sp³-hybridized carbons (Fsp3) is 1.00. The fourth-order valence-electron chi connectivity index (χ4n) is 2.22. The standard InChI is InChI=1S/C12H27NO2S/c1-6-13-11(4)12(10(2)3)8-7-9-16(5,14)15/h10-13H,6-9H2,1-5H3. The first-order valence-electron chi connectivity index (χ1n) is 6.19. The Balaban J connectivity index is 4.14. The van der Waals surface area contributed by atoms with Gasteiger partial charge in [0, 0.05) is 18.1 Å². The molecule has 0 aliphatic carbocycles. The van der Waals surface area contributed by atoms with E-state index in [2.05, 4.69) is 33.0 Å². The SMILES string of the molecule is CCNC(C)C(CCCS(C)(=O)=O)C(C)C. The van der Waals surface area contributed by atoms with E-state index >= 15 is 0 Å². The Morgan fingerprint density at radius 3 is 2.12 bits per heavy atom. The van der Waals surface area contributed by atoms with E-state index in [0.29, 0.717) is 23.6 Å². The smallest absolute Gasteiger partial charge is 0.147 e. The molecular weight excluding hydrogens is 222 g/mol. The molecule has 4 heteroatoms. The molecule has 2 atom stereocenters. The molecule has 0 spiro atoms. The van der Waals surface area contributed by atoms with Crippen molar-refractivity contribution in [1.82, 2.24) is 5.32 Å². The molecule has 1 N–H and O–H groups in total.